The number of ether oxygens (including phenoxy) is 1. The van der Waals surface area contributed by atoms with Gasteiger partial charge in [0.1, 0.15) is 17.8 Å². The summed E-state index contributed by atoms with van der Waals surface area (Å²) in [6, 6.07) is 4.40. The first-order valence-corrected chi connectivity index (χ1v) is 8.52. The summed E-state index contributed by atoms with van der Waals surface area (Å²) in [6.07, 6.45) is 0.0440. The molecule has 1 heterocycles. The zero-order valence-electron chi connectivity index (χ0n) is 14.6. The summed E-state index contributed by atoms with van der Waals surface area (Å²) < 4.78 is 41.1. The number of aryl methyl sites for hydroxylation is 1. The van der Waals surface area contributed by atoms with Gasteiger partial charge < -0.3 is 15.8 Å². The van der Waals surface area contributed by atoms with Gasteiger partial charge in [-0.05, 0) is 55.9 Å². The monoisotopic (exact) mass is 366 g/mol. The van der Waals surface area contributed by atoms with Crippen molar-refractivity contribution in [2.45, 2.75) is 45.5 Å². The van der Waals surface area contributed by atoms with Crippen molar-refractivity contribution in [1.29, 1.82) is 0 Å². The molecule has 140 valence electrons. The molecule has 1 unspecified atom stereocenters. The van der Waals surface area contributed by atoms with E-state index in [1.54, 1.807) is 6.92 Å². The highest BCUT2D eigenvalue weighted by Gasteiger charge is 2.32. The topological polar surface area (TPSA) is 73.1 Å². The predicted octanol–water partition coefficient (Wildman–Crippen LogP) is 4.53. The molecule has 3 N–H and O–H groups in total. The van der Waals surface area contributed by atoms with Crippen LogP contribution in [-0.4, -0.2) is 22.4 Å². The Morgan fingerprint density at radius 1 is 1.31 bits per heavy atom. The van der Waals surface area contributed by atoms with Gasteiger partial charge in [0, 0.05) is 11.6 Å². The molecule has 1 saturated carbocycles. The van der Waals surface area contributed by atoms with E-state index < -0.39 is 6.36 Å². The van der Waals surface area contributed by atoms with Crippen LogP contribution in [0.1, 0.15) is 31.7 Å². The van der Waals surface area contributed by atoms with Crippen LogP contribution in [0.5, 0.6) is 5.75 Å². The largest absolute Gasteiger partial charge is 0.573 e. The minimum atomic E-state index is -4.73. The number of hydrogen-bond donors (Lipinski definition) is 2. The molecule has 5 nitrogen and oxygen atoms in total. The van der Waals surface area contributed by atoms with E-state index in [1.807, 2.05) is 0 Å². The van der Waals surface area contributed by atoms with E-state index >= 15 is 0 Å². The molecular formula is C18H21F3N4O. The van der Waals surface area contributed by atoms with Crippen LogP contribution in [0.4, 0.5) is 24.7 Å². The summed E-state index contributed by atoms with van der Waals surface area (Å²) in [5, 5.41) is 3.38. The lowest BCUT2D eigenvalue weighted by Gasteiger charge is -2.19. The van der Waals surface area contributed by atoms with Crippen LogP contribution in [-0.2, 0) is 0 Å². The Bertz CT molecular complexity index is 790. The molecule has 0 amide bonds. The quantitative estimate of drug-likeness (QED) is 0.786. The molecule has 0 radical (unpaired) electrons. The van der Waals surface area contributed by atoms with Crippen molar-refractivity contribution in [1.82, 2.24) is 9.97 Å². The number of anilines is 2. The average Bonchev–Trinajstić information content (AvgIpc) is 3.38. The molecule has 3 rings (SSSR count). The van der Waals surface area contributed by atoms with Gasteiger partial charge in [0.05, 0.1) is 5.69 Å². The third kappa shape index (κ3) is 4.17. The van der Waals surface area contributed by atoms with Crippen LogP contribution in [0, 0.1) is 12.8 Å². The summed E-state index contributed by atoms with van der Waals surface area (Å²) in [7, 11) is 0. The molecule has 0 saturated heterocycles. The van der Waals surface area contributed by atoms with Crippen molar-refractivity contribution in [3.05, 3.63) is 30.1 Å². The molecule has 1 atom stereocenters. The molecule has 1 aliphatic rings. The van der Waals surface area contributed by atoms with Gasteiger partial charge >= 0.3 is 6.36 Å². The molecule has 0 bridgehead atoms. The smallest absolute Gasteiger partial charge is 0.406 e. The van der Waals surface area contributed by atoms with Gasteiger partial charge in [-0.15, -0.1) is 13.2 Å². The number of aromatic nitrogens is 2. The lowest BCUT2D eigenvalue weighted by molar-refractivity contribution is -0.274. The van der Waals surface area contributed by atoms with Crippen LogP contribution in [0.3, 0.4) is 0 Å². The fraction of sp³-hybridized carbons (Fsp3) is 0.444. The summed E-state index contributed by atoms with van der Waals surface area (Å²) in [4.78, 5) is 8.47. The second-order valence-corrected chi connectivity index (χ2v) is 6.51. The van der Waals surface area contributed by atoms with Gasteiger partial charge in [-0.25, -0.2) is 9.97 Å². The predicted molar refractivity (Wildman–Crippen MR) is 93.7 cm³/mol. The van der Waals surface area contributed by atoms with Crippen LogP contribution in [0.15, 0.2) is 24.5 Å². The summed E-state index contributed by atoms with van der Waals surface area (Å²) >= 11 is 0. The van der Waals surface area contributed by atoms with Crippen molar-refractivity contribution in [3.63, 3.8) is 0 Å². The SMILES string of the molecule is CCC(Nc1ncnc(-c2ccc(OC(F)(F)F)cc2C)c1N)C1CC1. The number of nitrogen functional groups attached to an aromatic ring is 1. The first-order valence-electron chi connectivity index (χ1n) is 8.52. The number of halogens is 3. The number of benzene rings is 1. The highest BCUT2D eigenvalue weighted by molar-refractivity contribution is 5.82. The molecule has 0 spiro atoms. The van der Waals surface area contributed by atoms with Crippen molar-refractivity contribution in [2.75, 3.05) is 11.1 Å². The van der Waals surface area contributed by atoms with E-state index in [4.69, 9.17) is 5.73 Å². The Balaban J connectivity index is 1.88. The van der Waals surface area contributed by atoms with E-state index in [9.17, 15) is 13.2 Å². The maximum atomic E-state index is 12.4. The number of nitrogens with two attached hydrogens (primary N) is 1. The van der Waals surface area contributed by atoms with Gasteiger partial charge in [-0.2, -0.15) is 0 Å². The van der Waals surface area contributed by atoms with E-state index in [2.05, 4.69) is 26.9 Å². The van der Waals surface area contributed by atoms with E-state index in [1.165, 1.54) is 37.4 Å². The molecule has 1 aromatic carbocycles. The van der Waals surface area contributed by atoms with Gasteiger partial charge in [-0.1, -0.05) is 6.92 Å². The maximum Gasteiger partial charge on any atom is 0.573 e. The molecule has 1 fully saturated rings. The van der Waals surface area contributed by atoms with E-state index in [0.29, 0.717) is 40.3 Å². The lowest BCUT2D eigenvalue weighted by atomic mass is 10.0. The molecule has 1 aliphatic carbocycles. The number of nitrogens with one attached hydrogen (secondary N) is 1. The first kappa shape index (κ1) is 18.3. The molecule has 1 aromatic heterocycles. The standard InChI is InChI=1S/C18H21F3N4O/c1-3-14(11-4-5-11)25-17-15(22)16(23-9-24-17)13-7-6-12(8-10(13)2)26-18(19,20)21/h6-9,11,14H,3-5,22H2,1-2H3,(H,23,24,25). The molecule has 0 aliphatic heterocycles. The van der Waals surface area contributed by atoms with Crippen LogP contribution >= 0.6 is 0 Å². The van der Waals surface area contributed by atoms with Crippen molar-refractivity contribution >= 4 is 11.5 Å². The Labute approximate surface area is 149 Å². The summed E-state index contributed by atoms with van der Waals surface area (Å²) in [5.74, 6) is 0.923. The fourth-order valence-electron chi connectivity index (χ4n) is 3.05. The third-order valence-electron chi connectivity index (χ3n) is 4.52. The minimum Gasteiger partial charge on any atom is -0.406 e. The van der Waals surface area contributed by atoms with Gasteiger partial charge in [0.2, 0.25) is 0 Å². The fourth-order valence-corrected chi connectivity index (χ4v) is 3.05. The molecule has 2 aromatic rings. The summed E-state index contributed by atoms with van der Waals surface area (Å²) in [6.45, 7) is 3.80. The molecule has 8 heteroatoms. The second-order valence-electron chi connectivity index (χ2n) is 6.51. The molecular weight excluding hydrogens is 345 g/mol. The van der Waals surface area contributed by atoms with Gasteiger partial charge in [-0.3, -0.25) is 0 Å². The van der Waals surface area contributed by atoms with Crippen molar-refractivity contribution < 1.29 is 17.9 Å². The zero-order chi connectivity index (χ0) is 18.9. The van der Waals surface area contributed by atoms with E-state index in [0.717, 1.165) is 6.42 Å². The van der Waals surface area contributed by atoms with Gasteiger partial charge in [0.15, 0.2) is 5.82 Å². The number of hydrogen-bond acceptors (Lipinski definition) is 5. The highest BCUT2D eigenvalue weighted by Crippen LogP contribution is 2.38. The highest BCUT2D eigenvalue weighted by atomic mass is 19.4. The number of rotatable bonds is 6. The van der Waals surface area contributed by atoms with Crippen molar-refractivity contribution in [2.24, 2.45) is 5.92 Å². The number of alkyl halides is 3. The van der Waals surface area contributed by atoms with Crippen LogP contribution in [0.25, 0.3) is 11.3 Å². The third-order valence-corrected chi connectivity index (χ3v) is 4.52. The number of nitrogens with zero attached hydrogens (tertiary/aromatic N) is 2. The Kier molecular flexibility index (Phi) is 4.93. The zero-order valence-corrected chi connectivity index (χ0v) is 14.6. The van der Waals surface area contributed by atoms with Crippen LogP contribution in [0.2, 0.25) is 0 Å². The lowest BCUT2D eigenvalue weighted by Crippen LogP contribution is -2.22. The maximum absolute atomic E-state index is 12.4. The first-order chi connectivity index (χ1) is 12.3. The minimum absolute atomic E-state index is 0.274. The Morgan fingerprint density at radius 2 is 2.04 bits per heavy atom. The molecule has 26 heavy (non-hydrogen) atoms. The van der Waals surface area contributed by atoms with E-state index in [-0.39, 0.29) is 5.75 Å². The normalized spacial score (nSPS) is 15.6. The average molecular weight is 366 g/mol. The van der Waals surface area contributed by atoms with Gasteiger partial charge in [0.25, 0.3) is 0 Å². The Hall–Kier alpha value is -2.51. The van der Waals surface area contributed by atoms with Crippen molar-refractivity contribution in [3.8, 4) is 17.0 Å². The summed E-state index contributed by atoms with van der Waals surface area (Å²) in [5.41, 5.74) is 8.35. The van der Waals surface area contributed by atoms with Crippen LogP contribution < -0.4 is 15.8 Å². The Morgan fingerprint density at radius 3 is 2.62 bits per heavy atom. The second kappa shape index (κ2) is 7.01.